The number of carbonyl (C=O) groups is 2. The van der Waals surface area contributed by atoms with E-state index in [4.69, 9.17) is 11.6 Å². The molecule has 0 aromatic heterocycles. The lowest BCUT2D eigenvalue weighted by Gasteiger charge is -2.18. The third kappa shape index (κ3) is 4.13. The van der Waals surface area contributed by atoms with Crippen LogP contribution in [-0.2, 0) is 15.7 Å². The Balaban J connectivity index is 2.81. The molecule has 1 N–H and O–H groups in total. The molecule has 26 heavy (non-hydrogen) atoms. The number of anilines is 1. The number of methoxy groups -OCH3 is 1. The Morgan fingerprint density at radius 2 is 1.81 bits per heavy atom. The van der Waals surface area contributed by atoms with Crippen molar-refractivity contribution in [2.24, 2.45) is 0 Å². The first-order valence-electron chi connectivity index (χ1n) is 7.11. The van der Waals surface area contributed by atoms with Crippen LogP contribution in [0, 0.1) is 5.82 Å². The lowest BCUT2D eigenvalue weighted by atomic mass is 9.95. The second-order valence-corrected chi connectivity index (χ2v) is 5.65. The van der Waals surface area contributed by atoms with Crippen LogP contribution >= 0.6 is 11.6 Å². The fraction of sp³-hybridized carbons (Fsp3) is 0.176. The van der Waals surface area contributed by atoms with E-state index in [2.05, 4.69) is 10.1 Å². The van der Waals surface area contributed by atoms with Crippen molar-refractivity contribution >= 4 is 29.2 Å². The van der Waals surface area contributed by atoms with E-state index in [1.165, 1.54) is 0 Å². The fourth-order valence-corrected chi connectivity index (χ4v) is 2.49. The zero-order valence-electron chi connectivity index (χ0n) is 13.5. The first kappa shape index (κ1) is 19.7. The number of amides is 1. The summed E-state index contributed by atoms with van der Waals surface area (Å²) in [4.78, 5) is 23.2. The number of hydrogen-bond acceptors (Lipinski definition) is 3. The Hall–Kier alpha value is -2.61. The van der Waals surface area contributed by atoms with Gasteiger partial charge in [-0.05, 0) is 35.4 Å². The number of rotatable bonds is 3. The van der Waals surface area contributed by atoms with E-state index >= 15 is 0 Å². The molecule has 2 aromatic rings. The number of halogens is 5. The molecule has 0 aliphatic carbocycles. The summed E-state index contributed by atoms with van der Waals surface area (Å²) in [5, 5.41) is 1.92. The Morgan fingerprint density at radius 1 is 1.15 bits per heavy atom. The second kappa shape index (κ2) is 7.33. The van der Waals surface area contributed by atoms with Crippen LogP contribution in [0.5, 0.6) is 0 Å². The average Bonchev–Trinajstić information content (AvgIpc) is 2.54. The molecular formula is C17H12ClF4NO3. The molecule has 4 nitrogen and oxygen atoms in total. The summed E-state index contributed by atoms with van der Waals surface area (Å²) in [5.74, 6) is -2.45. The van der Waals surface area contributed by atoms with Crippen LogP contribution in [0.1, 0.15) is 22.8 Å². The van der Waals surface area contributed by atoms with Gasteiger partial charge in [0.1, 0.15) is 5.82 Å². The molecule has 0 radical (unpaired) electrons. The zero-order valence-corrected chi connectivity index (χ0v) is 14.3. The minimum atomic E-state index is -4.83. The van der Waals surface area contributed by atoms with Gasteiger partial charge in [0.2, 0.25) is 5.91 Å². The van der Waals surface area contributed by atoms with E-state index in [-0.39, 0.29) is 21.8 Å². The SMILES string of the molecule is COC(=O)c1cc(C(F)(F)F)c(-c2ccc(F)c(Cl)c2)cc1NC(C)=O. The summed E-state index contributed by atoms with van der Waals surface area (Å²) in [5.41, 5.74) is -2.21. The zero-order chi connectivity index (χ0) is 19.6. The van der Waals surface area contributed by atoms with Crippen molar-refractivity contribution in [2.45, 2.75) is 13.1 Å². The van der Waals surface area contributed by atoms with Gasteiger partial charge in [-0.25, -0.2) is 9.18 Å². The third-order valence-corrected chi connectivity index (χ3v) is 3.70. The molecule has 0 fully saturated rings. The van der Waals surface area contributed by atoms with E-state index in [9.17, 15) is 27.2 Å². The summed E-state index contributed by atoms with van der Waals surface area (Å²) in [6, 6.07) is 4.60. The van der Waals surface area contributed by atoms with Crippen molar-refractivity contribution in [2.75, 3.05) is 12.4 Å². The molecular weight excluding hydrogens is 378 g/mol. The Morgan fingerprint density at radius 3 is 2.31 bits per heavy atom. The maximum absolute atomic E-state index is 13.5. The van der Waals surface area contributed by atoms with Gasteiger partial charge in [0.25, 0.3) is 0 Å². The molecule has 0 saturated heterocycles. The number of hydrogen-bond donors (Lipinski definition) is 1. The number of alkyl halides is 3. The van der Waals surface area contributed by atoms with E-state index in [1.54, 1.807) is 0 Å². The van der Waals surface area contributed by atoms with Gasteiger partial charge in [0.15, 0.2) is 0 Å². The van der Waals surface area contributed by atoms with E-state index in [1.807, 2.05) is 0 Å². The van der Waals surface area contributed by atoms with Gasteiger partial charge in [-0.1, -0.05) is 17.7 Å². The molecule has 0 atom stereocenters. The van der Waals surface area contributed by atoms with Crippen LogP contribution < -0.4 is 5.32 Å². The molecule has 0 bridgehead atoms. The highest BCUT2D eigenvalue weighted by molar-refractivity contribution is 6.31. The monoisotopic (exact) mass is 389 g/mol. The number of esters is 1. The quantitative estimate of drug-likeness (QED) is 0.599. The van der Waals surface area contributed by atoms with Crippen LogP contribution in [0.3, 0.4) is 0 Å². The summed E-state index contributed by atoms with van der Waals surface area (Å²) < 4.78 is 58.3. The average molecular weight is 390 g/mol. The lowest BCUT2D eigenvalue weighted by molar-refractivity contribution is -0.137. The molecule has 2 aromatic carbocycles. The maximum Gasteiger partial charge on any atom is 0.417 e. The third-order valence-electron chi connectivity index (χ3n) is 3.41. The largest absolute Gasteiger partial charge is 0.465 e. The smallest absolute Gasteiger partial charge is 0.417 e. The van der Waals surface area contributed by atoms with E-state index < -0.39 is 35.0 Å². The number of benzene rings is 2. The first-order valence-corrected chi connectivity index (χ1v) is 7.49. The molecule has 1 amide bonds. The summed E-state index contributed by atoms with van der Waals surface area (Å²) in [6.07, 6.45) is -4.83. The highest BCUT2D eigenvalue weighted by Gasteiger charge is 2.36. The minimum Gasteiger partial charge on any atom is -0.465 e. The molecule has 0 saturated carbocycles. The van der Waals surface area contributed by atoms with Crippen LogP contribution in [0.2, 0.25) is 5.02 Å². The molecule has 0 spiro atoms. The normalized spacial score (nSPS) is 11.2. The van der Waals surface area contributed by atoms with Crippen molar-refractivity contribution < 1.29 is 31.9 Å². The van der Waals surface area contributed by atoms with Gasteiger partial charge < -0.3 is 10.1 Å². The van der Waals surface area contributed by atoms with Crippen molar-refractivity contribution in [3.8, 4) is 11.1 Å². The van der Waals surface area contributed by atoms with Gasteiger partial charge in [-0.15, -0.1) is 0 Å². The molecule has 9 heteroatoms. The van der Waals surface area contributed by atoms with Crippen molar-refractivity contribution in [3.05, 3.63) is 52.3 Å². The number of carbonyl (C=O) groups excluding carboxylic acids is 2. The summed E-state index contributed by atoms with van der Waals surface area (Å²) in [6.45, 7) is 1.13. The van der Waals surface area contributed by atoms with E-state index in [0.29, 0.717) is 6.07 Å². The van der Waals surface area contributed by atoms with Crippen molar-refractivity contribution in [1.82, 2.24) is 0 Å². The first-order chi connectivity index (χ1) is 12.0. The highest BCUT2D eigenvalue weighted by atomic mass is 35.5. The van der Waals surface area contributed by atoms with Crippen molar-refractivity contribution in [1.29, 1.82) is 0 Å². The van der Waals surface area contributed by atoms with Crippen LogP contribution in [0.25, 0.3) is 11.1 Å². The molecule has 0 aliphatic rings. The standard InChI is InChI=1S/C17H12ClF4NO3/c1-8(24)23-15-7-10(9-3-4-14(19)13(18)5-9)12(17(20,21)22)6-11(15)16(25)26-2/h3-7H,1-2H3,(H,23,24). The van der Waals surface area contributed by atoms with Crippen LogP contribution in [-0.4, -0.2) is 19.0 Å². The molecule has 0 aliphatic heterocycles. The van der Waals surface area contributed by atoms with E-state index in [0.717, 1.165) is 38.3 Å². The predicted octanol–water partition coefficient (Wildman–Crippen LogP) is 4.91. The topological polar surface area (TPSA) is 55.4 Å². The minimum absolute atomic E-state index is 0.0354. The predicted molar refractivity (Wildman–Crippen MR) is 87.5 cm³/mol. The molecule has 138 valence electrons. The van der Waals surface area contributed by atoms with Gasteiger partial charge >= 0.3 is 12.1 Å². The highest BCUT2D eigenvalue weighted by Crippen LogP contribution is 2.41. The molecule has 0 unspecified atom stereocenters. The van der Waals surface area contributed by atoms with Crippen LogP contribution in [0.4, 0.5) is 23.2 Å². The molecule has 2 rings (SSSR count). The van der Waals surface area contributed by atoms with Crippen molar-refractivity contribution in [3.63, 3.8) is 0 Å². The Kier molecular flexibility index (Phi) is 5.56. The summed E-state index contributed by atoms with van der Waals surface area (Å²) >= 11 is 5.66. The maximum atomic E-state index is 13.5. The molecule has 0 heterocycles. The van der Waals surface area contributed by atoms with Gasteiger partial charge in [0.05, 0.1) is 28.9 Å². The lowest BCUT2D eigenvalue weighted by Crippen LogP contribution is -2.16. The van der Waals surface area contributed by atoms with Gasteiger partial charge in [-0.3, -0.25) is 4.79 Å². The second-order valence-electron chi connectivity index (χ2n) is 5.24. The van der Waals surface area contributed by atoms with Crippen LogP contribution in [0.15, 0.2) is 30.3 Å². The Labute approximate surface area is 150 Å². The fourth-order valence-electron chi connectivity index (χ4n) is 2.31. The Bertz CT molecular complexity index is 881. The van der Waals surface area contributed by atoms with Gasteiger partial charge in [0, 0.05) is 6.92 Å². The van der Waals surface area contributed by atoms with Gasteiger partial charge in [-0.2, -0.15) is 13.2 Å². The number of nitrogens with one attached hydrogen (secondary N) is 1. The number of ether oxygens (including phenoxy) is 1. The summed E-state index contributed by atoms with van der Waals surface area (Å²) in [7, 11) is 1.00.